The fourth-order valence-corrected chi connectivity index (χ4v) is 2.33. The molecule has 0 aromatic heterocycles. The van der Waals surface area contributed by atoms with E-state index < -0.39 is 15.9 Å². The van der Waals surface area contributed by atoms with Gasteiger partial charge in [-0.25, -0.2) is 0 Å². The molecule has 0 aliphatic rings. The number of fused-ring (bicyclic) bond motifs is 1. The van der Waals surface area contributed by atoms with Crippen LogP contribution in [0.15, 0.2) is 35.2 Å². The quantitative estimate of drug-likeness (QED) is 0.611. The molecule has 0 bridgehead atoms. The van der Waals surface area contributed by atoms with Crippen LogP contribution < -0.4 is 5.11 Å². The Hall–Kier alpha value is -2.17. The van der Waals surface area contributed by atoms with Crippen LogP contribution in [0.2, 0.25) is 0 Å². The first-order chi connectivity index (χ1) is 7.95. The van der Waals surface area contributed by atoms with Crippen molar-refractivity contribution in [2.24, 2.45) is 0 Å². The van der Waals surface area contributed by atoms with Crippen molar-refractivity contribution in [2.75, 3.05) is 0 Å². The molecule has 0 atom stereocenters. The SMILES string of the molecule is N#[N+]c1c([O-])ccc2c(S(=O)(=O)O)cccc12. The zero-order valence-electron chi connectivity index (χ0n) is 8.36. The highest BCUT2D eigenvalue weighted by atomic mass is 32.2. The fraction of sp³-hybridized carbons (Fsp3) is 0. The average Bonchev–Trinajstić information content (AvgIpc) is 2.26. The van der Waals surface area contributed by atoms with Gasteiger partial charge in [0.15, 0.2) is 4.98 Å². The van der Waals surface area contributed by atoms with Crippen LogP contribution in [0, 0.1) is 5.39 Å². The third-order valence-electron chi connectivity index (χ3n) is 2.33. The summed E-state index contributed by atoms with van der Waals surface area (Å²) in [5, 5.41) is 20.4. The molecule has 0 saturated heterocycles. The van der Waals surface area contributed by atoms with E-state index in [1.807, 2.05) is 0 Å². The van der Waals surface area contributed by atoms with Gasteiger partial charge in [0.05, 0.1) is 5.39 Å². The summed E-state index contributed by atoms with van der Waals surface area (Å²) in [6.07, 6.45) is 0. The molecule has 2 aromatic rings. The van der Waals surface area contributed by atoms with Gasteiger partial charge in [0, 0.05) is 5.39 Å². The van der Waals surface area contributed by atoms with Crippen LogP contribution in [0.1, 0.15) is 0 Å². The van der Waals surface area contributed by atoms with Crippen molar-refractivity contribution in [3.05, 3.63) is 35.3 Å². The normalized spacial score (nSPS) is 11.3. The first kappa shape index (κ1) is 11.3. The van der Waals surface area contributed by atoms with Gasteiger partial charge in [0.1, 0.15) is 4.90 Å². The van der Waals surface area contributed by atoms with Crippen LogP contribution >= 0.6 is 0 Å². The standard InChI is InChI=1S/C10H6N2O4S/c11-12-10-7-2-1-3-9(17(14,15)16)6(7)4-5-8(10)13/h1-5H,(H-,13,14,15,16). The second-order valence-corrected chi connectivity index (χ2v) is 4.73. The summed E-state index contributed by atoms with van der Waals surface area (Å²) in [6, 6.07) is 6.31. The van der Waals surface area contributed by atoms with Crippen LogP contribution in [0.5, 0.6) is 5.75 Å². The van der Waals surface area contributed by atoms with Gasteiger partial charge < -0.3 is 5.11 Å². The molecular formula is C10H6N2O4S. The average molecular weight is 250 g/mol. The number of hydrogen-bond acceptors (Lipinski definition) is 4. The minimum Gasteiger partial charge on any atom is -0.867 e. The summed E-state index contributed by atoms with van der Waals surface area (Å²) in [7, 11) is -4.39. The Bertz CT molecular complexity index is 747. The highest BCUT2D eigenvalue weighted by molar-refractivity contribution is 7.86. The predicted molar refractivity (Wildman–Crippen MR) is 58.0 cm³/mol. The Morgan fingerprint density at radius 2 is 1.88 bits per heavy atom. The maximum atomic E-state index is 11.4. The molecule has 0 aliphatic carbocycles. The molecule has 0 spiro atoms. The van der Waals surface area contributed by atoms with E-state index in [0.29, 0.717) is 0 Å². The Balaban J connectivity index is 3.00. The zero-order chi connectivity index (χ0) is 12.6. The maximum absolute atomic E-state index is 11.4. The van der Waals surface area contributed by atoms with Crippen LogP contribution in [0.25, 0.3) is 15.7 Å². The van der Waals surface area contributed by atoms with E-state index in [2.05, 4.69) is 4.98 Å². The molecule has 0 radical (unpaired) electrons. The van der Waals surface area contributed by atoms with Crippen molar-refractivity contribution in [2.45, 2.75) is 4.90 Å². The molecule has 0 unspecified atom stereocenters. The van der Waals surface area contributed by atoms with Crippen molar-refractivity contribution in [3.8, 4) is 5.75 Å². The second kappa shape index (κ2) is 3.69. The molecule has 0 fully saturated rings. The molecule has 86 valence electrons. The molecule has 2 aromatic carbocycles. The number of benzene rings is 2. The van der Waals surface area contributed by atoms with E-state index >= 15 is 0 Å². The summed E-state index contributed by atoms with van der Waals surface area (Å²) in [4.78, 5) is 2.50. The van der Waals surface area contributed by atoms with Crippen LogP contribution in [-0.2, 0) is 10.1 Å². The molecule has 2 rings (SSSR count). The van der Waals surface area contributed by atoms with E-state index in [1.165, 1.54) is 24.3 Å². The van der Waals surface area contributed by atoms with Crippen molar-refractivity contribution < 1.29 is 18.1 Å². The lowest BCUT2D eigenvalue weighted by atomic mass is 10.1. The second-order valence-electron chi connectivity index (χ2n) is 3.34. The number of diazo groups is 1. The Morgan fingerprint density at radius 1 is 1.18 bits per heavy atom. The summed E-state index contributed by atoms with van der Waals surface area (Å²) < 4.78 is 31.3. The molecule has 6 nitrogen and oxygen atoms in total. The third kappa shape index (κ3) is 1.80. The van der Waals surface area contributed by atoms with Gasteiger partial charge in [-0.2, -0.15) is 8.42 Å². The lowest BCUT2D eigenvalue weighted by molar-refractivity contribution is -0.266. The molecule has 0 saturated carbocycles. The maximum Gasteiger partial charge on any atom is 0.385 e. The van der Waals surface area contributed by atoms with Gasteiger partial charge in [-0.1, -0.05) is 18.2 Å². The minimum atomic E-state index is -4.39. The lowest BCUT2D eigenvalue weighted by Gasteiger charge is -2.05. The van der Waals surface area contributed by atoms with Crippen LogP contribution in [0.3, 0.4) is 0 Å². The van der Waals surface area contributed by atoms with Gasteiger partial charge in [0.2, 0.25) is 5.39 Å². The fourth-order valence-electron chi connectivity index (χ4n) is 1.62. The largest absolute Gasteiger partial charge is 0.867 e. The summed E-state index contributed by atoms with van der Waals surface area (Å²) in [6.45, 7) is 0. The Labute approximate surface area is 96.5 Å². The van der Waals surface area contributed by atoms with E-state index in [4.69, 9.17) is 9.95 Å². The molecule has 17 heavy (non-hydrogen) atoms. The van der Waals surface area contributed by atoms with Gasteiger partial charge in [0.25, 0.3) is 10.1 Å². The first-order valence-corrected chi connectivity index (χ1v) is 5.94. The summed E-state index contributed by atoms with van der Waals surface area (Å²) in [5.74, 6) is -0.535. The van der Waals surface area contributed by atoms with Crippen molar-refractivity contribution in [1.82, 2.24) is 0 Å². The number of hydrogen-bond donors (Lipinski definition) is 1. The lowest BCUT2D eigenvalue weighted by Crippen LogP contribution is -1.99. The molecule has 7 heteroatoms. The van der Waals surface area contributed by atoms with Crippen LogP contribution in [0.4, 0.5) is 5.69 Å². The molecular weight excluding hydrogens is 244 g/mol. The third-order valence-corrected chi connectivity index (χ3v) is 3.25. The van der Waals surface area contributed by atoms with Gasteiger partial charge in [-0.3, -0.25) is 4.55 Å². The molecule has 0 aliphatic heterocycles. The first-order valence-electron chi connectivity index (χ1n) is 4.50. The van der Waals surface area contributed by atoms with Gasteiger partial charge in [-0.05, 0) is 17.9 Å². The topological polar surface area (TPSA) is 106 Å². The highest BCUT2D eigenvalue weighted by Gasteiger charge is 2.19. The van der Waals surface area contributed by atoms with Crippen molar-refractivity contribution in [1.29, 1.82) is 5.39 Å². The van der Waals surface area contributed by atoms with Crippen molar-refractivity contribution >= 4 is 26.6 Å². The van der Waals surface area contributed by atoms with E-state index in [9.17, 15) is 13.5 Å². The monoisotopic (exact) mass is 250 g/mol. The zero-order valence-corrected chi connectivity index (χ0v) is 9.18. The predicted octanol–water partition coefficient (Wildman–Crippen LogP) is 1.64. The summed E-state index contributed by atoms with van der Waals surface area (Å²) >= 11 is 0. The Kier molecular flexibility index (Phi) is 2.46. The van der Waals surface area contributed by atoms with Crippen molar-refractivity contribution in [3.63, 3.8) is 0 Å². The molecule has 0 amide bonds. The highest BCUT2D eigenvalue weighted by Crippen LogP contribution is 2.35. The van der Waals surface area contributed by atoms with Crippen LogP contribution in [-0.4, -0.2) is 13.0 Å². The van der Waals surface area contributed by atoms with Gasteiger partial charge in [-0.15, -0.1) is 0 Å². The van der Waals surface area contributed by atoms with E-state index in [1.54, 1.807) is 0 Å². The molecule has 1 N–H and O–H groups in total. The molecule has 0 heterocycles. The smallest absolute Gasteiger partial charge is 0.385 e. The Morgan fingerprint density at radius 3 is 2.47 bits per heavy atom. The number of rotatable bonds is 1. The van der Waals surface area contributed by atoms with E-state index in [-0.39, 0.29) is 21.4 Å². The minimum absolute atomic E-state index is 0.127. The number of nitrogens with zero attached hydrogens (tertiary/aromatic N) is 2. The summed E-state index contributed by atoms with van der Waals surface area (Å²) in [5.41, 5.74) is -0.256. The van der Waals surface area contributed by atoms with E-state index in [0.717, 1.165) is 6.07 Å². The van der Waals surface area contributed by atoms with Gasteiger partial charge >= 0.3 is 5.69 Å².